The second kappa shape index (κ2) is 4.52. The van der Waals surface area contributed by atoms with E-state index in [1.54, 1.807) is 5.01 Å². The van der Waals surface area contributed by atoms with Crippen LogP contribution in [0, 0.1) is 0 Å². The number of piperazine rings is 1. The van der Waals surface area contributed by atoms with Crippen molar-refractivity contribution >= 4 is 5.97 Å². The van der Waals surface area contributed by atoms with E-state index in [1.807, 2.05) is 4.90 Å². The maximum Gasteiger partial charge on any atom is 0.321 e. The van der Waals surface area contributed by atoms with Crippen molar-refractivity contribution in [3.8, 4) is 0 Å². The summed E-state index contributed by atoms with van der Waals surface area (Å²) in [4.78, 5) is 12.5. The molecule has 1 atom stereocenters. The first-order valence-electron chi connectivity index (χ1n) is 4.30. The zero-order chi connectivity index (χ0) is 9.84. The van der Waals surface area contributed by atoms with Crippen LogP contribution in [0.1, 0.15) is 0 Å². The number of carboxylic acid groups (broad SMARTS) is 1. The summed E-state index contributed by atoms with van der Waals surface area (Å²) in [5, 5.41) is 10.3. The second-order valence-corrected chi connectivity index (χ2v) is 3.28. The lowest BCUT2D eigenvalue weighted by Crippen LogP contribution is -2.53. The number of rotatable bonds is 3. The summed E-state index contributed by atoms with van der Waals surface area (Å²) in [6, 6.07) is -0.788. The van der Waals surface area contributed by atoms with Crippen molar-refractivity contribution in [3.63, 3.8) is 0 Å². The van der Waals surface area contributed by atoms with Crippen molar-refractivity contribution in [1.29, 1.82) is 0 Å². The van der Waals surface area contributed by atoms with E-state index in [4.69, 9.17) is 16.7 Å². The van der Waals surface area contributed by atoms with Gasteiger partial charge in [-0.1, -0.05) is 0 Å². The summed E-state index contributed by atoms with van der Waals surface area (Å²) in [6.07, 6.45) is 0. The van der Waals surface area contributed by atoms with Gasteiger partial charge in [0.05, 0.1) is 0 Å². The standard InChI is InChI=1S/C7H16N4O2/c8-6(7(12)13)5-10-1-3-11(9)4-2-10/h6H,1-5,8-9H2,(H,12,13)/t6-/m0/s1. The number of hydrogen-bond acceptors (Lipinski definition) is 5. The molecule has 76 valence electrons. The molecule has 1 fully saturated rings. The molecule has 0 spiro atoms. The highest BCUT2D eigenvalue weighted by Gasteiger charge is 2.19. The lowest BCUT2D eigenvalue weighted by Gasteiger charge is -2.32. The van der Waals surface area contributed by atoms with Gasteiger partial charge >= 0.3 is 5.97 Å². The molecule has 0 aliphatic carbocycles. The molecule has 1 saturated heterocycles. The first-order chi connectivity index (χ1) is 6.09. The molecule has 0 radical (unpaired) electrons. The van der Waals surface area contributed by atoms with Crippen LogP contribution in [-0.4, -0.2) is 59.8 Å². The average molecular weight is 188 g/mol. The van der Waals surface area contributed by atoms with E-state index in [9.17, 15) is 4.79 Å². The van der Waals surface area contributed by atoms with Crippen molar-refractivity contribution in [1.82, 2.24) is 9.91 Å². The summed E-state index contributed by atoms with van der Waals surface area (Å²) in [5.74, 6) is 4.60. The molecule has 5 N–H and O–H groups in total. The third-order valence-electron chi connectivity index (χ3n) is 2.18. The first kappa shape index (κ1) is 10.4. The number of hydrogen-bond donors (Lipinski definition) is 3. The minimum atomic E-state index is -0.949. The number of nitrogens with two attached hydrogens (primary N) is 2. The van der Waals surface area contributed by atoms with Gasteiger partial charge in [-0.05, 0) is 0 Å². The van der Waals surface area contributed by atoms with Crippen LogP contribution in [0.15, 0.2) is 0 Å². The van der Waals surface area contributed by atoms with Crippen molar-refractivity contribution in [2.45, 2.75) is 6.04 Å². The van der Waals surface area contributed by atoms with E-state index < -0.39 is 12.0 Å². The van der Waals surface area contributed by atoms with Gasteiger partial charge in [0.25, 0.3) is 0 Å². The van der Waals surface area contributed by atoms with Crippen LogP contribution in [0.2, 0.25) is 0 Å². The Hall–Kier alpha value is -0.690. The van der Waals surface area contributed by atoms with Crippen LogP contribution >= 0.6 is 0 Å². The molecule has 1 heterocycles. The predicted molar refractivity (Wildman–Crippen MR) is 47.8 cm³/mol. The quantitative estimate of drug-likeness (QED) is 0.439. The topological polar surface area (TPSA) is 95.8 Å². The lowest BCUT2D eigenvalue weighted by atomic mass is 10.2. The molecule has 0 bridgehead atoms. The number of carboxylic acids is 1. The molecule has 0 unspecified atom stereocenters. The first-order valence-corrected chi connectivity index (χ1v) is 4.30. The fraction of sp³-hybridized carbons (Fsp3) is 0.857. The monoisotopic (exact) mass is 188 g/mol. The third-order valence-corrected chi connectivity index (χ3v) is 2.18. The van der Waals surface area contributed by atoms with Gasteiger partial charge in [0.15, 0.2) is 0 Å². The Morgan fingerprint density at radius 1 is 1.38 bits per heavy atom. The van der Waals surface area contributed by atoms with Crippen molar-refractivity contribution in [2.75, 3.05) is 32.7 Å². The Morgan fingerprint density at radius 2 is 1.92 bits per heavy atom. The van der Waals surface area contributed by atoms with Crippen LogP contribution in [0.5, 0.6) is 0 Å². The van der Waals surface area contributed by atoms with Crippen LogP contribution in [-0.2, 0) is 4.79 Å². The Balaban J connectivity index is 2.26. The lowest BCUT2D eigenvalue weighted by molar-refractivity contribution is -0.139. The third kappa shape index (κ3) is 3.27. The molecular weight excluding hydrogens is 172 g/mol. The zero-order valence-electron chi connectivity index (χ0n) is 7.52. The van der Waals surface area contributed by atoms with E-state index in [-0.39, 0.29) is 0 Å². The van der Waals surface area contributed by atoms with Crippen molar-refractivity contribution in [3.05, 3.63) is 0 Å². The maximum atomic E-state index is 10.5. The van der Waals surface area contributed by atoms with E-state index in [2.05, 4.69) is 0 Å². The summed E-state index contributed by atoms with van der Waals surface area (Å²) in [6.45, 7) is 3.52. The molecule has 6 nitrogen and oxygen atoms in total. The maximum absolute atomic E-state index is 10.5. The minimum absolute atomic E-state index is 0.406. The Bertz CT molecular complexity index is 179. The van der Waals surface area contributed by atoms with Crippen LogP contribution < -0.4 is 11.6 Å². The van der Waals surface area contributed by atoms with Crippen LogP contribution in [0.4, 0.5) is 0 Å². The largest absolute Gasteiger partial charge is 0.480 e. The Morgan fingerprint density at radius 3 is 2.38 bits per heavy atom. The van der Waals surface area contributed by atoms with Gasteiger partial charge < -0.3 is 10.8 Å². The van der Waals surface area contributed by atoms with Gasteiger partial charge in [-0.2, -0.15) is 0 Å². The fourth-order valence-electron chi connectivity index (χ4n) is 1.30. The number of hydrazine groups is 1. The molecular formula is C7H16N4O2. The van der Waals surface area contributed by atoms with Gasteiger partial charge in [0.2, 0.25) is 0 Å². The highest BCUT2D eigenvalue weighted by atomic mass is 16.4. The molecule has 1 aliphatic heterocycles. The van der Waals surface area contributed by atoms with Gasteiger partial charge in [0.1, 0.15) is 6.04 Å². The number of aliphatic carboxylic acids is 1. The normalized spacial score (nSPS) is 22.9. The Labute approximate surface area is 77.0 Å². The molecule has 0 aromatic carbocycles. The molecule has 1 rings (SSSR count). The molecule has 0 saturated carbocycles. The van der Waals surface area contributed by atoms with Crippen molar-refractivity contribution < 1.29 is 9.90 Å². The number of nitrogens with zero attached hydrogens (tertiary/aromatic N) is 2. The SMILES string of the molecule is N[C@@H](CN1CCN(N)CC1)C(=O)O. The molecule has 1 aliphatic rings. The van der Waals surface area contributed by atoms with Gasteiger partial charge in [-0.25, -0.2) is 5.01 Å². The fourth-order valence-corrected chi connectivity index (χ4v) is 1.30. The Kier molecular flexibility index (Phi) is 3.61. The number of carbonyl (C=O) groups is 1. The minimum Gasteiger partial charge on any atom is -0.480 e. The smallest absolute Gasteiger partial charge is 0.321 e. The predicted octanol–water partition coefficient (Wildman–Crippen LogP) is -2.11. The van der Waals surface area contributed by atoms with Crippen LogP contribution in [0.3, 0.4) is 0 Å². The summed E-state index contributed by atoms with van der Waals surface area (Å²) in [5.41, 5.74) is 5.40. The zero-order valence-corrected chi connectivity index (χ0v) is 7.52. The summed E-state index contributed by atoms with van der Waals surface area (Å²) in [7, 11) is 0. The van der Waals surface area contributed by atoms with Gasteiger partial charge in [0, 0.05) is 32.7 Å². The van der Waals surface area contributed by atoms with Gasteiger partial charge in [-0.15, -0.1) is 0 Å². The van der Waals surface area contributed by atoms with E-state index in [0.717, 1.165) is 26.2 Å². The molecule has 13 heavy (non-hydrogen) atoms. The molecule has 0 amide bonds. The van der Waals surface area contributed by atoms with E-state index in [1.165, 1.54) is 0 Å². The molecule has 0 aromatic rings. The van der Waals surface area contributed by atoms with E-state index in [0.29, 0.717) is 6.54 Å². The molecule has 6 heteroatoms. The highest BCUT2D eigenvalue weighted by molar-refractivity contribution is 5.73. The van der Waals surface area contributed by atoms with E-state index >= 15 is 0 Å². The molecule has 0 aromatic heterocycles. The van der Waals surface area contributed by atoms with Crippen molar-refractivity contribution in [2.24, 2.45) is 11.6 Å². The summed E-state index contributed by atoms with van der Waals surface area (Å²) < 4.78 is 0. The highest BCUT2D eigenvalue weighted by Crippen LogP contribution is 1.98. The summed E-state index contributed by atoms with van der Waals surface area (Å²) >= 11 is 0. The average Bonchev–Trinajstić information content (AvgIpc) is 2.08. The van der Waals surface area contributed by atoms with Crippen LogP contribution in [0.25, 0.3) is 0 Å². The van der Waals surface area contributed by atoms with Gasteiger partial charge in [-0.3, -0.25) is 15.5 Å². The second-order valence-electron chi connectivity index (χ2n) is 3.28.